The number of unbranched alkanes of at least 4 members (excludes halogenated alkanes) is 4. The molecule has 0 heterocycles. The van der Waals surface area contributed by atoms with Crippen molar-refractivity contribution in [1.82, 2.24) is 0 Å². The van der Waals surface area contributed by atoms with Gasteiger partial charge in [0.2, 0.25) is 0 Å². The quantitative estimate of drug-likeness (QED) is 0.241. The second-order valence-electron chi connectivity index (χ2n) is 4.88. The molecular formula is C13H22K2O4. The van der Waals surface area contributed by atoms with Gasteiger partial charge in [0.25, 0.3) is 0 Å². The summed E-state index contributed by atoms with van der Waals surface area (Å²) < 4.78 is 0. The van der Waals surface area contributed by atoms with Crippen molar-refractivity contribution in [3.63, 3.8) is 0 Å². The molecule has 0 rings (SSSR count). The van der Waals surface area contributed by atoms with Gasteiger partial charge in [-0.1, -0.05) is 46.0 Å². The van der Waals surface area contributed by atoms with Gasteiger partial charge < -0.3 is 19.8 Å². The van der Waals surface area contributed by atoms with Crippen molar-refractivity contribution < 1.29 is 123 Å². The zero-order valence-corrected chi connectivity index (χ0v) is 19.2. The van der Waals surface area contributed by atoms with Crippen LogP contribution in [0.4, 0.5) is 0 Å². The summed E-state index contributed by atoms with van der Waals surface area (Å²) in [6, 6.07) is 0. The summed E-state index contributed by atoms with van der Waals surface area (Å²) in [7, 11) is 0. The Hall–Kier alpha value is 2.21. The van der Waals surface area contributed by atoms with Gasteiger partial charge in [-0.3, -0.25) is 0 Å². The predicted octanol–water partition coefficient (Wildman–Crippen LogP) is -5.50. The molecule has 0 saturated carbocycles. The Bertz CT molecular complexity index is 255. The third kappa shape index (κ3) is 9.05. The summed E-state index contributed by atoms with van der Waals surface area (Å²) in [5.74, 6) is -3.59. The number of hydrogen-bond acceptors (Lipinski definition) is 4. The van der Waals surface area contributed by atoms with Crippen molar-refractivity contribution in [2.45, 2.75) is 59.3 Å². The fourth-order valence-electron chi connectivity index (χ4n) is 1.83. The molecule has 19 heavy (non-hydrogen) atoms. The molecule has 0 aromatic heterocycles. The Kier molecular flexibility index (Phi) is 19.0. The maximum Gasteiger partial charge on any atom is 1.00 e. The van der Waals surface area contributed by atoms with Gasteiger partial charge in [-0.2, -0.15) is 0 Å². The summed E-state index contributed by atoms with van der Waals surface area (Å²) in [6.07, 6.45) is 5.84. The summed E-state index contributed by atoms with van der Waals surface area (Å²) >= 11 is 0. The summed E-state index contributed by atoms with van der Waals surface area (Å²) in [6.45, 7) is 4.92. The number of carboxylic acids is 2. The molecule has 1 unspecified atom stereocenters. The molecule has 0 bridgehead atoms. The molecule has 6 heteroatoms. The van der Waals surface area contributed by atoms with Crippen molar-refractivity contribution in [3.8, 4) is 0 Å². The smallest absolute Gasteiger partial charge is 0.549 e. The fourth-order valence-corrected chi connectivity index (χ4v) is 1.83. The van der Waals surface area contributed by atoms with Gasteiger partial charge in [0, 0.05) is 5.41 Å². The maximum absolute atomic E-state index is 10.9. The van der Waals surface area contributed by atoms with Gasteiger partial charge in [-0.15, -0.1) is 0 Å². The Morgan fingerprint density at radius 1 is 1.00 bits per heavy atom. The van der Waals surface area contributed by atoms with Gasteiger partial charge in [0.1, 0.15) is 0 Å². The van der Waals surface area contributed by atoms with Gasteiger partial charge in [-0.25, -0.2) is 0 Å². The van der Waals surface area contributed by atoms with E-state index in [-0.39, 0.29) is 103 Å². The van der Waals surface area contributed by atoms with Crippen LogP contribution < -0.4 is 113 Å². The van der Waals surface area contributed by atoms with E-state index < -0.39 is 23.3 Å². The van der Waals surface area contributed by atoms with Crippen molar-refractivity contribution in [2.24, 2.45) is 11.3 Å². The van der Waals surface area contributed by atoms with Crippen LogP contribution in [0.15, 0.2) is 0 Å². The van der Waals surface area contributed by atoms with Crippen molar-refractivity contribution in [3.05, 3.63) is 0 Å². The van der Waals surface area contributed by atoms with Gasteiger partial charge in [-0.05, 0) is 19.3 Å². The van der Waals surface area contributed by atoms with Crippen LogP contribution >= 0.6 is 0 Å². The van der Waals surface area contributed by atoms with Crippen LogP contribution in [0.3, 0.4) is 0 Å². The minimum Gasteiger partial charge on any atom is -0.549 e. The zero-order chi connectivity index (χ0) is 13.5. The molecule has 0 N–H and O–H groups in total. The number of rotatable bonds is 9. The first-order valence-corrected chi connectivity index (χ1v) is 6.30. The first-order valence-electron chi connectivity index (χ1n) is 6.30. The largest absolute Gasteiger partial charge is 1.00 e. The molecule has 4 nitrogen and oxygen atoms in total. The normalized spacial score (nSPS) is 11.9. The number of carboxylic acid groups (broad SMARTS) is 2. The second-order valence-corrected chi connectivity index (χ2v) is 4.88. The Labute approximate surface area is 201 Å². The van der Waals surface area contributed by atoms with Gasteiger partial charge in [0.15, 0.2) is 0 Å². The first-order chi connectivity index (χ1) is 7.87. The summed E-state index contributed by atoms with van der Waals surface area (Å²) in [4.78, 5) is 21.8. The van der Waals surface area contributed by atoms with E-state index in [2.05, 4.69) is 6.92 Å². The molecule has 0 spiro atoms. The Balaban J connectivity index is -0.00000128. The molecule has 0 aromatic rings. The third-order valence-corrected chi connectivity index (χ3v) is 3.57. The monoisotopic (exact) mass is 320 g/mol. The molecule has 0 amide bonds. The first kappa shape index (κ1) is 26.1. The van der Waals surface area contributed by atoms with E-state index in [4.69, 9.17) is 0 Å². The molecule has 0 radical (unpaired) electrons. The predicted molar refractivity (Wildman–Crippen MR) is 60.7 cm³/mol. The fraction of sp³-hybridized carbons (Fsp3) is 0.846. The molecule has 0 aliphatic rings. The number of carbonyl (C=O) groups is 2. The SMILES string of the molecule is CCCCCCCC(C)C(C)(C(=O)[O-])C(=O)[O-].[K+].[K+]. The van der Waals surface area contributed by atoms with E-state index in [0.29, 0.717) is 6.42 Å². The molecular weight excluding hydrogens is 298 g/mol. The zero-order valence-electron chi connectivity index (χ0n) is 13.0. The summed E-state index contributed by atoms with van der Waals surface area (Å²) in [5, 5.41) is 21.8. The molecule has 1 atom stereocenters. The second kappa shape index (κ2) is 13.8. The van der Waals surface area contributed by atoms with Crippen molar-refractivity contribution >= 4 is 11.9 Å². The van der Waals surface area contributed by atoms with E-state index in [9.17, 15) is 19.8 Å². The van der Waals surface area contributed by atoms with Crippen LogP contribution in [0, 0.1) is 11.3 Å². The Morgan fingerprint density at radius 3 is 1.79 bits per heavy atom. The van der Waals surface area contributed by atoms with E-state index >= 15 is 0 Å². The average molecular weight is 321 g/mol. The summed E-state index contributed by atoms with van der Waals surface area (Å²) in [5.41, 5.74) is -1.88. The van der Waals surface area contributed by atoms with Gasteiger partial charge in [0.05, 0.1) is 11.9 Å². The van der Waals surface area contributed by atoms with Crippen molar-refractivity contribution in [1.29, 1.82) is 0 Å². The standard InChI is InChI=1S/C13H24O4.2K/c1-4-5-6-7-8-9-10(2)13(3,11(14)15)12(16)17;;/h10H,4-9H2,1-3H3,(H,14,15)(H,16,17);;/q;2*+1/p-2. The van der Waals surface area contributed by atoms with Crippen LogP contribution in [0.2, 0.25) is 0 Å². The van der Waals surface area contributed by atoms with Gasteiger partial charge >= 0.3 is 103 Å². The number of carbonyl (C=O) groups excluding carboxylic acids is 2. The third-order valence-electron chi connectivity index (χ3n) is 3.57. The van der Waals surface area contributed by atoms with Crippen LogP contribution in [-0.2, 0) is 9.59 Å². The van der Waals surface area contributed by atoms with E-state index in [1.807, 2.05) is 0 Å². The van der Waals surface area contributed by atoms with E-state index in [1.54, 1.807) is 6.92 Å². The molecule has 0 aromatic carbocycles. The maximum atomic E-state index is 10.9. The molecule has 0 fully saturated rings. The van der Waals surface area contributed by atoms with Crippen molar-refractivity contribution in [2.75, 3.05) is 0 Å². The average Bonchev–Trinajstić information content (AvgIpc) is 2.26. The minimum atomic E-state index is -1.88. The molecule has 0 aliphatic heterocycles. The molecule has 100 valence electrons. The van der Waals surface area contributed by atoms with Crippen LogP contribution in [-0.4, -0.2) is 11.9 Å². The molecule has 0 saturated heterocycles. The van der Waals surface area contributed by atoms with E-state index in [1.165, 1.54) is 6.92 Å². The minimum absolute atomic E-state index is 0. The van der Waals surface area contributed by atoms with Crippen LogP contribution in [0.25, 0.3) is 0 Å². The topological polar surface area (TPSA) is 80.3 Å². The van der Waals surface area contributed by atoms with Crippen LogP contribution in [0.5, 0.6) is 0 Å². The number of aliphatic carboxylic acids is 2. The molecule has 0 aliphatic carbocycles. The van der Waals surface area contributed by atoms with E-state index in [0.717, 1.165) is 32.1 Å². The van der Waals surface area contributed by atoms with Crippen LogP contribution in [0.1, 0.15) is 59.3 Å². The Morgan fingerprint density at radius 2 is 1.42 bits per heavy atom. The number of hydrogen-bond donors (Lipinski definition) is 0.